The van der Waals surface area contributed by atoms with Gasteiger partial charge in [-0.2, -0.15) is 0 Å². The molecule has 3 nitrogen and oxygen atoms in total. The Morgan fingerprint density at radius 1 is 1.53 bits per heavy atom. The summed E-state index contributed by atoms with van der Waals surface area (Å²) in [6, 6.07) is 2.19. The van der Waals surface area contributed by atoms with E-state index < -0.39 is 0 Å². The Morgan fingerprint density at radius 2 is 2.35 bits per heavy atom. The van der Waals surface area contributed by atoms with E-state index in [0.717, 1.165) is 25.3 Å². The quantitative estimate of drug-likeness (QED) is 0.860. The molecule has 0 bridgehead atoms. The highest BCUT2D eigenvalue weighted by Crippen LogP contribution is 2.25. The molecule has 5 heteroatoms. The second-order valence-electron chi connectivity index (χ2n) is 4.00. The van der Waals surface area contributed by atoms with Gasteiger partial charge in [0.2, 0.25) is 0 Å². The summed E-state index contributed by atoms with van der Waals surface area (Å²) in [5, 5.41) is 3.44. The van der Waals surface area contributed by atoms with Crippen molar-refractivity contribution in [3.05, 3.63) is 38.5 Å². The predicted octanol–water partition coefficient (Wildman–Crippen LogP) is 2.88. The first-order valence-electron chi connectivity index (χ1n) is 5.58. The van der Waals surface area contributed by atoms with Crippen LogP contribution in [0.3, 0.4) is 0 Å². The van der Waals surface area contributed by atoms with E-state index in [4.69, 9.17) is 0 Å². The number of nitrogens with zero attached hydrogens (tertiary/aromatic N) is 2. The fraction of sp³-hybridized carbons (Fsp3) is 0.417. The normalized spacial score (nSPS) is 11.0. The standard InChI is InChI=1S/C12H16BrN3S/c1-9-11(13)7-10(17-9)8-14-4-3-12-15-5-6-16(12)2/h5-7,14H,3-4,8H2,1-2H3. The molecule has 0 spiro atoms. The van der Waals surface area contributed by atoms with E-state index >= 15 is 0 Å². The molecule has 1 N–H and O–H groups in total. The molecule has 0 aliphatic carbocycles. The zero-order chi connectivity index (χ0) is 12.3. The van der Waals surface area contributed by atoms with Gasteiger partial charge in [-0.1, -0.05) is 0 Å². The first kappa shape index (κ1) is 12.8. The lowest BCUT2D eigenvalue weighted by atomic mass is 10.4. The topological polar surface area (TPSA) is 29.9 Å². The maximum absolute atomic E-state index is 4.30. The number of hydrogen-bond donors (Lipinski definition) is 1. The van der Waals surface area contributed by atoms with Gasteiger partial charge < -0.3 is 9.88 Å². The first-order valence-corrected chi connectivity index (χ1v) is 7.19. The number of thiophene rings is 1. The van der Waals surface area contributed by atoms with E-state index in [1.54, 1.807) is 0 Å². The second-order valence-corrected chi connectivity index (χ2v) is 6.19. The lowest BCUT2D eigenvalue weighted by Gasteiger charge is -2.03. The van der Waals surface area contributed by atoms with Crippen LogP contribution < -0.4 is 5.32 Å². The van der Waals surface area contributed by atoms with Crippen molar-refractivity contribution in [2.24, 2.45) is 7.05 Å². The number of halogens is 1. The highest BCUT2D eigenvalue weighted by Gasteiger charge is 2.03. The molecule has 0 atom stereocenters. The van der Waals surface area contributed by atoms with Gasteiger partial charge in [-0.05, 0) is 28.9 Å². The summed E-state index contributed by atoms with van der Waals surface area (Å²) in [6.45, 7) is 4.02. The van der Waals surface area contributed by atoms with E-state index in [1.165, 1.54) is 14.2 Å². The van der Waals surface area contributed by atoms with Crippen molar-refractivity contribution in [3.63, 3.8) is 0 Å². The third-order valence-corrected chi connectivity index (χ3v) is 4.79. The number of aromatic nitrogens is 2. The summed E-state index contributed by atoms with van der Waals surface area (Å²) >= 11 is 5.37. The molecule has 0 saturated carbocycles. The highest BCUT2D eigenvalue weighted by atomic mass is 79.9. The minimum atomic E-state index is 0.932. The van der Waals surface area contributed by atoms with Crippen LogP contribution in [-0.4, -0.2) is 16.1 Å². The maximum Gasteiger partial charge on any atom is 0.109 e. The largest absolute Gasteiger partial charge is 0.338 e. The summed E-state index contributed by atoms with van der Waals surface area (Å²) in [5.74, 6) is 1.13. The number of rotatable bonds is 5. The molecule has 0 aliphatic heterocycles. The monoisotopic (exact) mass is 313 g/mol. The van der Waals surface area contributed by atoms with Gasteiger partial charge in [0.1, 0.15) is 5.82 Å². The Morgan fingerprint density at radius 3 is 2.94 bits per heavy atom. The fourth-order valence-electron chi connectivity index (χ4n) is 1.65. The van der Waals surface area contributed by atoms with Crippen molar-refractivity contribution in [2.45, 2.75) is 19.9 Å². The molecule has 0 fully saturated rings. The molecule has 2 heterocycles. The van der Waals surface area contributed by atoms with Crippen LogP contribution in [0, 0.1) is 6.92 Å². The third-order valence-electron chi connectivity index (χ3n) is 2.65. The Labute approximate surface area is 114 Å². The minimum absolute atomic E-state index is 0.932. The molecule has 0 saturated heterocycles. The van der Waals surface area contributed by atoms with Gasteiger partial charge in [0.25, 0.3) is 0 Å². The van der Waals surface area contributed by atoms with Gasteiger partial charge >= 0.3 is 0 Å². The molecule has 0 unspecified atom stereocenters. The van der Waals surface area contributed by atoms with Crippen molar-refractivity contribution in [1.29, 1.82) is 0 Å². The zero-order valence-corrected chi connectivity index (χ0v) is 12.4. The Balaban J connectivity index is 1.75. The second kappa shape index (κ2) is 5.80. The zero-order valence-electron chi connectivity index (χ0n) is 10.0. The van der Waals surface area contributed by atoms with Crippen molar-refractivity contribution in [2.75, 3.05) is 6.54 Å². The van der Waals surface area contributed by atoms with Gasteiger partial charge in [-0.25, -0.2) is 4.98 Å². The fourth-order valence-corrected chi connectivity index (χ4v) is 3.23. The van der Waals surface area contributed by atoms with Crippen LogP contribution in [0.15, 0.2) is 22.9 Å². The molecule has 0 radical (unpaired) electrons. The summed E-state index contributed by atoms with van der Waals surface area (Å²) in [5.41, 5.74) is 0. The lowest BCUT2D eigenvalue weighted by molar-refractivity contribution is 0.659. The summed E-state index contributed by atoms with van der Waals surface area (Å²) in [4.78, 5) is 7.01. The molecule has 0 aromatic carbocycles. The van der Waals surface area contributed by atoms with Crippen molar-refractivity contribution >= 4 is 27.3 Å². The average molecular weight is 314 g/mol. The van der Waals surface area contributed by atoms with Gasteiger partial charge in [-0.3, -0.25) is 0 Å². The molecular formula is C12H16BrN3S. The Bertz CT molecular complexity index is 470. The van der Waals surface area contributed by atoms with Crippen LogP contribution in [0.5, 0.6) is 0 Å². The summed E-state index contributed by atoms with van der Waals surface area (Å²) < 4.78 is 3.27. The molecule has 92 valence electrons. The number of hydrogen-bond acceptors (Lipinski definition) is 3. The van der Waals surface area contributed by atoms with E-state index in [0.29, 0.717) is 0 Å². The van der Waals surface area contributed by atoms with Crippen LogP contribution in [0.1, 0.15) is 15.6 Å². The molecular weight excluding hydrogens is 298 g/mol. The Kier molecular flexibility index (Phi) is 4.36. The first-order chi connectivity index (χ1) is 8.16. The van der Waals surface area contributed by atoms with Gasteiger partial charge in [-0.15, -0.1) is 11.3 Å². The number of imidazole rings is 1. The van der Waals surface area contributed by atoms with E-state index in [1.807, 2.05) is 30.8 Å². The van der Waals surface area contributed by atoms with Crippen molar-refractivity contribution in [3.8, 4) is 0 Å². The number of aryl methyl sites for hydroxylation is 2. The highest BCUT2D eigenvalue weighted by molar-refractivity contribution is 9.10. The van der Waals surface area contributed by atoms with Crippen LogP contribution in [0.2, 0.25) is 0 Å². The van der Waals surface area contributed by atoms with Crippen LogP contribution in [0.25, 0.3) is 0 Å². The van der Waals surface area contributed by atoms with Crippen LogP contribution in [0.4, 0.5) is 0 Å². The van der Waals surface area contributed by atoms with Crippen molar-refractivity contribution < 1.29 is 0 Å². The molecule has 17 heavy (non-hydrogen) atoms. The van der Waals surface area contributed by atoms with Crippen molar-refractivity contribution in [1.82, 2.24) is 14.9 Å². The van der Waals surface area contributed by atoms with E-state index in [9.17, 15) is 0 Å². The number of nitrogens with one attached hydrogen (secondary N) is 1. The van der Waals surface area contributed by atoms with Gasteiger partial charge in [0, 0.05) is 53.2 Å². The molecule has 2 aromatic rings. The molecule has 2 rings (SSSR count). The molecule has 2 aromatic heterocycles. The van der Waals surface area contributed by atoms with Crippen LogP contribution >= 0.6 is 27.3 Å². The van der Waals surface area contributed by atoms with E-state index in [-0.39, 0.29) is 0 Å². The summed E-state index contributed by atoms with van der Waals surface area (Å²) in [6.07, 6.45) is 4.79. The smallest absolute Gasteiger partial charge is 0.109 e. The SMILES string of the molecule is Cc1sc(CNCCc2nccn2C)cc1Br. The molecule has 0 aliphatic rings. The van der Waals surface area contributed by atoms with E-state index in [2.05, 4.69) is 43.8 Å². The van der Waals surface area contributed by atoms with Gasteiger partial charge in [0.15, 0.2) is 0 Å². The third kappa shape index (κ3) is 3.40. The maximum atomic E-state index is 4.30. The minimum Gasteiger partial charge on any atom is -0.338 e. The van der Waals surface area contributed by atoms with Crippen LogP contribution in [-0.2, 0) is 20.0 Å². The average Bonchev–Trinajstić information content (AvgIpc) is 2.82. The lowest BCUT2D eigenvalue weighted by Crippen LogP contribution is -2.17. The molecule has 0 amide bonds. The summed E-state index contributed by atoms with van der Waals surface area (Å²) in [7, 11) is 2.03. The predicted molar refractivity (Wildman–Crippen MR) is 75.4 cm³/mol. The Hall–Kier alpha value is -0.650. The van der Waals surface area contributed by atoms with Gasteiger partial charge in [0.05, 0.1) is 0 Å².